The zero-order valence-electron chi connectivity index (χ0n) is 30.2. The van der Waals surface area contributed by atoms with Gasteiger partial charge < -0.3 is 18.7 Å². The Labute approximate surface area is 294 Å². The lowest BCUT2D eigenvalue weighted by Gasteiger charge is -2.44. The number of nitrogens with one attached hydrogen (secondary N) is 1. The number of hydrogen-bond acceptors (Lipinski definition) is 4. The first kappa shape index (κ1) is 39.6. The molecule has 2 aromatic heterocycles. The molecule has 0 aliphatic carbocycles. The minimum Gasteiger partial charge on any atom is -0.460 e. The summed E-state index contributed by atoms with van der Waals surface area (Å²) in [4.78, 5) is 26.8. The third-order valence-electron chi connectivity index (χ3n) is 8.42. The highest BCUT2D eigenvalue weighted by atomic mass is 35.5. The SMILES string of the molecule is CC(C)(C)OC(=O)Cc1cc2c(Cl)c[nH]c2cc1F.CC(C)[Si](C(C)C)(C(C)C)n1cc(Cl)c2cc(CC(=O)OC(C)(C)C)c(F)cc21. The van der Waals surface area contributed by atoms with Crippen molar-refractivity contribution >= 4 is 65.2 Å². The third-order valence-corrected chi connectivity index (χ3v) is 15.8. The molecule has 0 saturated heterocycles. The number of H-pyrrole nitrogens is 1. The summed E-state index contributed by atoms with van der Waals surface area (Å²) in [6.07, 6.45) is 3.35. The fourth-order valence-corrected chi connectivity index (χ4v) is 14.1. The van der Waals surface area contributed by atoms with Crippen LogP contribution in [0.3, 0.4) is 0 Å². The zero-order valence-corrected chi connectivity index (χ0v) is 32.7. The number of hydrogen-bond donors (Lipinski definition) is 1. The van der Waals surface area contributed by atoms with Gasteiger partial charge in [0.1, 0.15) is 22.8 Å². The van der Waals surface area contributed by atoms with Crippen LogP contribution in [-0.2, 0) is 31.9 Å². The van der Waals surface area contributed by atoms with Gasteiger partial charge in [-0.05, 0) is 93.6 Å². The van der Waals surface area contributed by atoms with Crippen molar-refractivity contribution < 1.29 is 27.8 Å². The van der Waals surface area contributed by atoms with E-state index in [9.17, 15) is 14.0 Å². The number of carbonyl (C=O) groups is 2. The first-order valence-electron chi connectivity index (χ1n) is 16.4. The molecule has 0 saturated carbocycles. The number of halogens is 4. The average Bonchev–Trinajstić information content (AvgIpc) is 3.41. The van der Waals surface area contributed by atoms with Gasteiger partial charge in [0.2, 0.25) is 0 Å². The van der Waals surface area contributed by atoms with Crippen molar-refractivity contribution in [1.82, 2.24) is 9.22 Å². The molecule has 6 nitrogen and oxygen atoms in total. The summed E-state index contributed by atoms with van der Waals surface area (Å²) in [6.45, 7) is 24.3. The number of aromatic amines is 1. The van der Waals surface area contributed by atoms with Crippen LogP contribution in [0.25, 0.3) is 21.8 Å². The van der Waals surface area contributed by atoms with Gasteiger partial charge in [-0.1, -0.05) is 64.7 Å². The fraction of sp³-hybridized carbons (Fsp3) is 0.514. The molecule has 0 spiro atoms. The molecule has 0 atom stereocenters. The summed E-state index contributed by atoms with van der Waals surface area (Å²) in [5.41, 5.74) is 2.22. The van der Waals surface area contributed by atoms with E-state index in [-0.39, 0.29) is 18.4 Å². The Bertz CT molecular complexity index is 1760. The molecule has 2 heterocycles. The van der Waals surface area contributed by atoms with Crippen LogP contribution in [-0.4, -0.2) is 40.6 Å². The number of carbonyl (C=O) groups excluding carboxylic acids is 2. The first-order chi connectivity index (χ1) is 22.0. The van der Waals surface area contributed by atoms with Crippen LogP contribution in [0.1, 0.15) is 94.2 Å². The molecule has 11 heteroatoms. The van der Waals surface area contributed by atoms with Crippen LogP contribution in [0.5, 0.6) is 0 Å². The molecular weight excluding hydrogens is 673 g/mol. The van der Waals surface area contributed by atoms with Crippen LogP contribution in [0.15, 0.2) is 36.7 Å². The molecule has 0 bridgehead atoms. The second-order valence-electron chi connectivity index (χ2n) is 15.3. The third kappa shape index (κ3) is 9.01. The minimum atomic E-state index is -2.08. The summed E-state index contributed by atoms with van der Waals surface area (Å²) < 4.78 is 41.7. The molecule has 4 aromatic rings. The van der Waals surface area contributed by atoms with Gasteiger partial charge in [0.05, 0.1) is 22.9 Å². The lowest BCUT2D eigenvalue weighted by molar-refractivity contribution is -0.155. The van der Waals surface area contributed by atoms with Crippen molar-refractivity contribution in [2.24, 2.45) is 0 Å². The van der Waals surface area contributed by atoms with Gasteiger partial charge in [-0.3, -0.25) is 9.59 Å². The molecular formula is C37H50Cl2F2N2O4Si. The first-order valence-corrected chi connectivity index (χ1v) is 19.3. The molecule has 0 aliphatic heterocycles. The van der Waals surface area contributed by atoms with E-state index in [1.54, 1.807) is 65.9 Å². The Hall–Kier alpha value is -2.88. The number of aromatic nitrogens is 2. The van der Waals surface area contributed by atoms with Crippen LogP contribution in [0.4, 0.5) is 8.78 Å². The maximum atomic E-state index is 15.0. The maximum absolute atomic E-state index is 15.0. The van der Waals surface area contributed by atoms with Crippen molar-refractivity contribution in [3.05, 3.63) is 69.5 Å². The summed E-state index contributed by atoms with van der Waals surface area (Å²) in [5, 5.41) is 2.59. The maximum Gasteiger partial charge on any atom is 0.310 e. The van der Waals surface area contributed by atoms with Crippen molar-refractivity contribution in [2.45, 2.75) is 124 Å². The Kier molecular flexibility index (Phi) is 12.3. The van der Waals surface area contributed by atoms with Gasteiger partial charge in [-0.25, -0.2) is 8.78 Å². The molecule has 264 valence electrons. The van der Waals surface area contributed by atoms with E-state index in [4.69, 9.17) is 32.7 Å². The predicted molar refractivity (Wildman–Crippen MR) is 196 cm³/mol. The smallest absolute Gasteiger partial charge is 0.310 e. The van der Waals surface area contributed by atoms with Gasteiger partial charge in [0.25, 0.3) is 0 Å². The Morgan fingerprint density at radius 2 is 1.19 bits per heavy atom. The van der Waals surface area contributed by atoms with Crippen LogP contribution in [0.2, 0.25) is 26.7 Å². The minimum absolute atomic E-state index is 0.109. The molecule has 4 rings (SSSR count). The highest BCUT2D eigenvalue weighted by Crippen LogP contribution is 2.45. The number of fused-ring (bicyclic) bond motifs is 2. The van der Waals surface area contributed by atoms with E-state index < -0.39 is 43.0 Å². The van der Waals surface area contributed by atoms with E-state index in [0.717, 1.165) is 10.9 Å². The normalized spacial score (nSPS) is 12.6. The van der Waals surface area contributed by atoms with E-state index in [0.29, 0.717) is 43.1 Å². The van der Waals surface area contributed by atoms with E-state index >= 15 is 4.39 Å². The lowest BCUT2D eigenvalue weighted by atomic mass is 10.1. The lowest BCUT2D eigenvalue weighted by Crippen LogP contribution is -2.51. The topological polar surface area (TPSA) is 73.3 Å². The standard InChI is InChI=1S/C23H35ClFNO2Si.C14H15ClFNO2/c1-14(2)29(15(3)4,16(5)6)26-13-19(24)18-10-17(20(25)12-21(18)26)11-22(27)28-23(7,8)9;1-14(2,3)19-13(18)5-8-4-9-10(15)7-17-12(9)6-11(8)16/h10,12-16H,11H2,1-9H3;4,6-7,17H,5H2,1-3H3. The van der Waals surface area contributed by atoms with Crippen molar-refractivity contribution in [2.75, 3.05) is 0 Å². The molecule has 1 N–H and O–H groups in total. The quantitative estimate of drug-likeness (QED) is 0.145. The van der Waals surface area contributed by atoms with Crippen LogP contribution in [0, 0.1) is 11.6 Å². The molecule has 48 heavy (non-hydrogen) atoms. The molecule has 0 radical (unpaired) electrons. The van der Waals surface area contributed by atoms with Crippen LogP contribution >= 0.6 is 23.2 Å². The Morgan fingerprint density at radius 1 is 0.750 bits per heavy atom. The van der Waals surface area contributed by atoms with Crippen molar-refractivity contribution in [1.29, 1.82) is 0 Å². The number of rotatable bonds is 8. The molecule has 2 aromatic carbocycles. The second kappa shape index (κ2) is 14.9. The number of benzene rings is 2. The largest absolute Gasteiger partial charge is 0.460 e. The second-order valence-corrected chi connectivity index (χ2v) is 21.8. The molecule has 0 aliphatic rings. The molecule has 0 fully saturated rings. The summed E-state index contributed by atoms with van der Waals surface area (Å²) in [6, 6.07) is 6.18. The summed E-state index contributed by atoms with van der Waals surface area (Å²) in [5.74, 6) is -1.74. The van der Waals surface area contributed by atoms with Crippen molar-refractivity contribution in [3.8, 4) is 0 Å². The number of esters is 2. The molecule has 0 unspecified atom stereocenters. The Balaban J connectivity index is 0.000000284. The predicted octanol–water partition coefficient (Wildman–Crippen LogP) is 11.2. The van der Waals surface area contributed by atoms with Crippen LogP contribution < -0.4 is 0 Å². The van der Waals surface area contributed by atoms with Crippen molar-refractivity contribution in [3.63, 3.8) is 0 Å². The monoisotopic (exact) mass is 722 g/mol. The van der Waals surface area contributed by atoms with Gasteiger partial charge in [-0.2, -0.15) is 0 Å². The van der Waals surface area contributed by atoms with Gasteiger partial charge in [-0.15, -0.1) is 0 Å². The van der Waals surface area contributed by atoms with Gasteiger partial charge >= 0.3 is 11.9 Å². The number of nitrogens with zero attached hydrogens (tertiary/aromatic N) is 1. The van der Waals surface area contributed by atoms with E-state index in [1.165, 1.54) is 6.07 Å². The molecule has 0 amide bonds. The summed E-state index contributed by atoms with van der Waals surface area (Å²) in [7, 11) is -2.08. The average molecular weight is 724 g/mol. The van der Waals surface area contributed by atoms with E-state index in [2.05, 4.69) is 50.8 Å². The van der Waals surface area contributed by atoms with E-state index in [1.807, 2.05) is 6.20 Å². The van der Waals surface area contributed by atoms with Gasteiger partial charge in [0.15, 0.2) is 8.24 Å². The fourth-order valence-electron chi connectivity index (χ4n) is 6.90. The summed E-state index contributed by atoms with van der Waals surface area (Å²) >= 11 is 12.6. The zero-order chi connectivity index (χ0) is 36.5. The van der Waals surface area contributed by atoms with Gasteiger partial charge in [0, 0.05) is 34.2 Å². The highest BCUT2D eigenvalue weighted by Gasteiger charge is 2.46. The highest BCUT2D eigenvalue weighted by molar-refractivity contribution is 6.82. The number of ether oxygens (including phenoxy) is 2. The Morgan fingerprint density at radius 3 is 1.62 bits per heavy atom.